The van der Waals surface area contributed by atoms with Crippen molar-refractivity contribution in [2.75, 3.05) is 13.2 Å². The summed E-state index contributed by atoms with van der Waals surface area (Å²) in [6.07, 6.45) is 2.37. The maximum atomic E-state index is 10.6. The van der Waals surface area contributed by atoms with E-state index in [1.54, 1.807) is 5.38 Å². The van der Waals surface area contributed by atoms with Gasteiger partial charge in [0.15, 0.2) is 0 Å². The molecule has 0 aliphatic carbocycles. The molecule has 1 aromatic heterocycles. The summed E-state index contributed by atoms with van der Waals surface area (Å²) >= 11 is 1.16. The van der Waals surface area contributed by atoms with Gasteiger partial charge in [-0.05, 0) is 33.2 Å². The van der Waals surface area contributed by atoms with Crippen molar-refractivity contribution in [3.8, 4) is 0 Å². The Morgan fingerprint density at radius 2 is 2.33 bits per heavy atom. The zero-order valence-corrected chi connectivity index (χ0v) is 11.6. The van der Waals surface area contributed by atoms with Crippen molar-refractivity contribution in [2.45, 2.75) is 39.3 Å². The highest BCUT2D eigenvalue weighted by atomic mass is 32.1. The Balaban J connectivity index is 2.05. The number of carboxylic acid groups (broad SMARTS) is 1. The fourth-order valence-corrected chi connectivity index (χ4v) is 2.03. The summed E-state index contributed by atoms with van der Waals surface area (Å²) in [7, 11) is 0. The molecule has 6 heteroatoms. The van der Waals surface area contributed by atoms with Gasteiger partial charge in [0, 0.05) is 18.5 Å². The Labute approximate surface area is 111 Å². The summed E-state index contributed by atoms with van der Waals surface area (Å²) in [4.78, 5) is 14.6. The Bertz CT molecular complexity index is 366. The third-order valence-corrected chi connectivity index (χ3v) is 3.12. The van der Waals surface area contributed by atoms with Gasteiger partial charge in [0.05, 0.1) is 11.8 Å². The van der Waals surface area contributed by atoms with Gasteiger partial charge in [-0.25, -0.2) is 9.78 Å². The number of ether oxygens (including phenoxy) is 1. The van der Waals surface area contributed by atoms with E-state index >= 15 is 0 Å². The van der Waals surface area contributed by atoms with Crippen LogP contribution in [0, 0.1) is 0 Å². The lowest BCUT2D eigenvalue weighted by Gasteiger charge is -2.07. The Hall–Kier alpha value is -0.980. The summed E-state index contributed by atoms with van der Waals surface area (Å²) < 4.78 is 5.43. The Morgan fingerprint density at radius 1 is 1.56 bits per heavy atom. The highest BCUT2D eigenvalue weighted by molar-refractivity contribution is 7.11. The number of nitrogens with zero attached hydrogens (tertiary/aromatic N) is 1. The van der Waals surface area contributed by atoms with Crippen LogP contribution in [0.4, 0.5) is 0 Å². The van der Waals surface area contributed by atoms with Crippen LogP contribution in [0.5, 0.6) is 0 Å². The Morgan fingerprint density at radius 3 is 2.94 bits per heavy atom. The van der Waals surface area contributed by atoms with E-state index in [4.69, 9.17) is 9.84 Å². The lowest BCUT2D eigenvalue weighted by Crippen LogP contribution is -2.16. The van der Waals surface area contributed by atoms with E-state index in [1.165, 1.54) is 0 Å². The van der Waals surface area contributed by atoms with E-state index in [-0.39, 0.29) is 5.01 Å². The van der Waals surface area contributed by atoms with Crippen molar-refractivity contribution in [2.24, 2.45) is 0 Å². The second-order valence-electron chi connectivity index (χ2n) is 4.25. The molecule has 2 N–H and O–H groups in total. The first kappa shape index (κ1) is 15.1. The first-order valence-electron chi connectivity index (χ1n) is 6.09. The van der Waals surface area contributed by atoms with Gasteiger partial charge < -0.3 is 15.2 Å². The molecule has 18 heavy (non-hydrogen) atoms. The normalized spacial score (nSPS) is 11.1. The average molecular weight is 272 g/mol. The molecule has 0 radical (unpaired) electrons. The highest BCUT2D eigenvalue weighted by Crippen LogP contribution is 2.09. The van der Waals surface area contributed by atoms with Crippen LogP contribution in [0.2, 0.25) is 0 Å². The standard InChI is InChI=1S/C12H20N2O3S/c1-9(2)17-6-4-3-5-13-7-10-8-18-11(14-10)12(15)16/h8-9,13H,3-7H2,1-2H3,(H,15,16). The fourth-order valence-electron chi connectivity index (χ4n) is 1.37. The van der Waals surface area contributed by atoms with Gasteiger partial charge in [0.2, 0.25) is 5.01 Å². The maximum absolute atomic E-state index is 10.6. The topological polar surface area (TPSA) is 71.5 Å². The van der Waals surface area contributed by atoms with Crippen molar-refractivity contribution < 1.29 is 14.6 Å². The molecule has 0 saturated carbocycles. The molecule has 0 fully saturated rings. The largest absolute Gasteiger partial charge is 0.476 e. The SMILES string of the molecule is CC(C)OCCCCNCc1csc(C(=O)O)n1. The molecule has 0 amide bonds. The summed E-state index contributed by atoms with van der Waals surface area (Å²) in [6, 6.07) is 0. The molecule has 1 rings (SSSR count). The summed E-state index contributed by atoms with van der Waals surface area (Å²) in [5.74, 6) is -0.961. The smallest absolute Gasteiger partial charge is 0.365 e. The van der Waals surface area contributed by atoms with Crippen molar-refractivity contribution in [3.63, 3.8) is 0 Å². The third kappa shape index (κ3) is 6.09. The van der Waals surface area contributed by atoms with E-state index in [0.717, 1.165) is 43.0 Å². The van der Waals surface area contributed by atoms with Crippen molar-refractivity contribution >= 4 is 17.3 Å². The van der Waals surface area contributed by atoms with Gasteiger partial charge in [-0.3, -0.25) is 0 Å². The minimum atomic E-state index is -0.961. The van der Waals surface area contributed by atoms with Crippen LogP contribution >= 0.6 is 11.3 Å². The number of nitrogens with one attached hydrogen (secondary N) is 1. The number of hydrogen-bond donors (Lipinski definition) is 2. The molecule has 5 nitrogen and oxygen atoms in total. The number of rotatable bonds is 9. The number of carboxylic acids is 1. The predicted octanol–water partition coefficient (Wildman–Crippen LogP) is 2.14. The lowest BCUT2D eigenvalue weighted by atomic mass is 10.3. The molecular formula is C12H20N2O3S. The second kappa shape index (κ2) is 8.18. The number of thiazole rings is 1. The number of carbonyl (C=O) groups is 1. The van der Waals surface area contributed by atoms with Crippen LogP contribution in [-0.4, -0.2) is 35.3 Å². The summed E-state index contributed by atoms with van der Waals surface area (Å²) in [5, 5.41) is 13.9. The average Bonchev–Trinajstić information content (AvgIpc) is 2.76. The molecule has 102 valence electrons. The van der Waals surface area contributed by atoms with Gasteiger partial charge in [-0.1, -0.05) is 0 Å². The molecule has 0 spiro atoms. The second-order valence-corrected chi connectivity index (χ2v) is 5.11. The van der Waals surface area contributed by atoms with Crippen LogP contribution in [0.25, 0.3) is 0 Å². The molecule has 0 saturated heterocycles. The number of hydrogen-bond acceptors (Lipinski definition) is 5. The van der Waals surface area contributed by atoms with Crippen molar-refractivity contribution in [1.29, 1.82) is 0 Å². The third-order valence-electron chi connectivity index (χ3n) is 2.24. The fraction of sp³-hybridized carbons (Fsp3) is 0.667. The molecule has 0 aromatic carbocycles. The van der Waals surface area contributed by atoms with Crippen LogP contribution in [-0.2, 0) is 11.3 Å². The first-order chi connectivity index (χ1) is 8.59. The number of unbranched alkanes of at least 4 members (excludes halogenated alkanes) is 1. The van der Waals surface area contributed by atoms with Crippen molar-refractivity contribution in [1.82, 2.24) is 10.3 Å². The van der Waals surface area contributed by atoms with Crippen LogP contribution < -0.4 is 5.32 Å². The van der Waals surface area contributed by atoms with Gasteiger partial charge in [0.25, 0.3) is 0 Å². The Kier molecular flexibility index (Phi) is 6.85. The number of aromatic carboxylic acids is 1. The monoisotopic (exact) mass is 272 g/mol. The van der Waals surface area contributed by atoms with E-state index in [1.807, 2.05) is 13.8 Å². The zero-order chi connectivity index (χ0) is 13.4. The van der Waals surface area contributed by atoms with E-state index < -0.39 is 5.97 Å². The van der Waals surface area contributed by atoms with Crippen LogP contribution in [0.15, 0.2) is 5.38 Å². The van der Waals surface area contributed by atoms with Gasteiger partial charge in [-0.2, -0.15) is 0 Å². The molecule has 0 aliphatic heterocycles. The van der Waals surface area contributed by atoms with E-state index in [2.05, 4.69) is 10.3 Å². The van der Waals surface area contributed by atoms with Crippen LogP contribution in [0.1, 0.15) is 42.2 Å². The van der Waals surface area contributed by atoms with Gasteiger partial charge in [0.1, 0.15) is 0 Å². The molecular weight excluding hydrogens is 252 g/mol. The molecule has 0 atom stereocenters. The number of aromatic nitrogens is 1. The van der Waals surface area contributed by atoms with Crippen LogP contribution in [0.3, 0.4) is 0 Å². The zero-order valence-electron chi connectivity index (χ0n) is 10.8. The van der Waals surface area contributed by atoms with E-state index in [0.29, 0.717) is 12.6 Å². The summed E-state index contributed by atoms with van der Waals surface area (Å²) in [5.41, 5.74) is 0.788. The highest BCUT2D eigenvalue weighted by Gasteiger charge is 2.07. The lowest BCUT2D eigenvalue weighted by molar-refractivity contribution is 0.0695. The molecule has 0 bridgehead atoms. The quantitative estimate of drug-likeness (QED) is 0.674. The van der Waals surface area contributed by atoms with E-state index in [9.17, 15) is 4.79 Å². The van der Waals surface area contributed by atoms with Gasteiger partial charge >= 0.3 is 5.97 Å². The summed E-state index contributed by atoms with van der Waals surface area (Å²) in [6.45, 7) is 6.36. The molecule has 1 aromatic rings. The van der Waals surface area contributed by atoms with Crippen molar-refractivity contribution in [3.05, 3.63) is 16.1 Å². The molecule has 1 heterocycles. The first-order valence-corrected chi connectivity index (χ1v) is 6.97. The maximum Gasteiger partial charge on any atom is 0.365 e. The minimum absolute atomic E-state index is 0.150. The van der Waals surface area contributed by atoms with Gasteiger partial charge in [-0.15, -0.1) is 11.3 Å². The molecule has 0 aliphatic rings. The molecule has 0 unspecified atom stereocenters. The predicted molar refractivity (Wildman–Crippen MR) is 71.1 cm³/mol. The minimum Gasteiger partial charge on any atom is -0.476 e.